The first-order valence-corrected chi connectivity index (χ1v) is 5.35. The Morgan fingerprint density at radius 2 is 1.80 bits per heavy atom. The van der Waals surface area contributed by atoms with E-state index in [0.29, 0.717) is 17.9 Å². The monoisotopic (exact) mass is 211 g/mol. The van der Waals surface area contributed by atoms with Gasteiger partial charge >= 0.3 is 0 Å². The van der Waals surface area contributed by atoms with E-state index < -0.39 is 11.6 Å². The molecule has 1 nitrogen and oxygen atoms in total. The van der Waals surface area contributed by atoms with E-state index in [1.165, 1.54) is 18.6 Å². The summed E-state index contributed by atoms with van der Waals surface area (Å²) >= 11 is 0. The first-order valence-electron chi connectivity index (χ1n) is 5.35. The normalized spacial score (nSPS) is 18.6. The number of benzene rings is 1. The molecule has 1 atom stereocenters. The Morgan fingerprint density at radius 1 is 1.20 bits per heavy atom. The molecule has 0 aromatic heterocycles. The first-order chi connectivity index (χ1) is 7.15. The van der Waals surface area contributed by atoms with Gasteiger partial charge in [-0.3, -0.25) is 0 Å². The topological polar surface area (TPSA) is 26.0 Å². The van der Waals surface area contributed by atoms with E-state index >= 15 is 0 Å². The molecule has 1 aliphatic rings. The smallest absolute Gasteiger partial charge is 0.126 e. The van der Waals surface area contributed by atoms with Crippen molar-refractivity contribution in [3.05, 3.63) is 35.4 Å². The molecule has 15 heavy (non-hydrogen) atoms. The van der Waals surface area contributed by atoms with Gasteiger partial charge in [-0.15, -0.1) is 0 Å². The number of nitrogens with two attached hydrogens (primary N) is 1. The molecular formula is C12H15F2N. The average molecular weight is 211 g/mol. The van der Waals surface area contributed by atoms with Crippen LogP contribution < -0.4 is 5.73 Å². The lowest BCUT2D eigenvalue weighted by Gasteiger charge is -2.31. The van der Waals surface area contributed by atoms with Crippen LogP contribution in [0, 0.1) is 17.6 Å². The highest BCUT2D eigenvalue weighted by Crippen LogP contribution is 2.30. The molecule has 82 valence electrons. The van der Waals surface area contributed by atoms with E-state index in [1.807, 2.05) is 0 Å². The summed E-state index contributed by atoms with van der Waals surface area (Å²) in [5.74, 6) is -0.507. The van der Waals surface area contributed by atoms with Crippen LogP contribution >= 0.6 is 0 Å². The lowest BCUT2D eigenvalue weighted by atomic mass is 9.78. The molecule has 2 N–H and O–H groups in total. The van der Waals surface area contributed by atoms with Gasteiger partial charge in [0.05, 0.1) is 0 Å². The summed E-state index contributed by atoms with van der Waals surface area (Å²) in [5.41, 5.74) is 6.63. The highest BCUT2D eigenvalue weighted by molar-refractivity contribution is 5.19. The highest BCUT2D eigenvalue weighted by Gasteiger charge is 2.24. The van der Waals surface area contributed by atoms with Crippen LogP contribution in [0.1, 0.15) is 24.8 Å². The summed E-state index contributed by atoms with van der Waals surface area (Å²) in [7, 11) is 0. The molecule has 1 aromatic carbocycles. The van der Waals surface area contributed by atoms with Crippen LogP contribution in [0.3, 0.4) is 0 Å². The Kier molecular flexibility index (Phi) is 3.00. The summed E-state index contributed by atoms with van der Waals surface area (Å²) in [6.45, 7) is 0. The second-order valence-electron chi connectivity index (χ2n) is 4.34. The van der Waals surface area contributed by atoms with Crippen LogP contribution in [0.2, 0.25) is 0 Å². The maximum atomic E-state index is 12.9. The van der Waals surface area contributed by atoms with Crippen molar-refractivity contribution in [1.82, 2.24) is 0 Å². The fraction of sp³-hybridized carbons (Fsp3) is 0.500. The quantitative estimate of drug-likeness (QED) is 0.817. The van der Waals surface area contributed by atoms with Crippen molar-refractivity contribution < 1.29 is 8.78 Å². The first kappa shape index (κ1) is 10.6. The van der Waals surface area contributed by atoms with Crippen molar-refractivity contribution in [1.29, 1.82) is 0 Å². The van der Waals surface area contributed by atoms with Crippen LogP contribution in [0.5, 0.6) is 0 Å². The zero-order chi connectivity index (χ0) is 10.8. The fourth-order valence-electron chi connectivity index (χ4n) is 2.04. The summed E-state index contributed by atoms with van der Waals surface area (Å²) in [6, 6.07) is 3.65. The molecule has 0 amide bonds. The van der Waals surface area contributed by atoms with E-state index in [2.05, 4.69) is 0 Å². The Balaban J connectivity index is 2.02. The molecule has 1 aromatic rings. The molecule has 0 radical (unpaired) electrons. The number of rotatable bonds is 3. The van der Waals surface area contributed by atoms with Crippen molar-refractivity contribution in [2.75, 3.05) is 0 Å². The van der Waals surface area contributed by atoms with Gasteiger partial charge in [-0.25, -0.2) is 8.78 Å². The number of halogens is 2. The van der Waals surface area contributed by atoms with Gasteiger partial charge in [0, 0.05) is 12.1 Å². The maximum Gasteiger partial charge on any atom is 0.126 e. The Morgan fingerprint density at radius 3 is 2.27 bits per heavy atom. The highest BCUT2D eigenvalue weighted by atomic mass is 19.1. The van der Waals surface area contributed by atoms with Crippen molar-refractivity contribution >= 4 is 0 Å². The third kappa shape index (κ3) is 2.53. The van der Waals surface area contributed by atoms with Gasteiger partial charge in [0.1, 0.15) is 11.6 Å². The molecular weight excluding hydrogens is 196 g/mol. The van der Waals surface area contributed by atoms with Crippen LogP contribution in [0.4, 0.5) is 8.78 Å². The zero-order valence-corrected chi connectivity index (χ0v) is 8.55. The van der Waals surface area contributed by atoms with Gasteiger partial charge in [0.25, 0.3) is 0 Å². The molecule has 1 fully saturated rings. The summed E-state index contributed by atoms with van der Waals surface area (Å²) in [4.78, 5) is 0. The predicted octanol–water partition coefficient (Wildman–Crippen LogP) is 2.63. The Bertz CT molecular complexity index is 327. The molecule has 1 aliphatic carbocycles. The SMILES string of the molecule is NC(Cc1cc(F)cc(F)c1)C1CCC1. The lowest BCUT2D eigenvalue weighted by molar-refractivity contribution is 0.260. The number of hydrogen-bond donors (Lipinski definition) is 1. The van der Waals surface area contributed by atoms with E-state index in [0.717, 1.165) is 18.9 Å². The minimum absolute atomic E-state index is 0.0416. The second-order valence-corrected chi connectivity index (χ2v) is 4.34. The van der Waals surface area contributed by atoms with E-state index in [9.17, 15) is 8.78 Å². The molecule has 0 spiro atoms. The summed E-state index contributed by atoms with van der Waals surface area (Å²) in [6.07, 6.45) is 4.10. The Labute approximate surface area is 88.3 Å². The van der Waals surface area contributed by atoms with Crippen LogP contribution in [-0.2, 0) is 6.42 Å². The van der Waals surface area contributed by atoms with Gasteiger partial charge in [0.2, 0.25) is 0 Å². The van der Waals surface area contributed by atoms with Gasteiger partial charge in [-0.1, -0.05) is 6.42 Å². The van der Waals surface area contributed by atoms with Crippen molar-refractivity contribution in [3.8, 4) is 0 Å². The minimum atomic E-state index is -0.522. The van der Waals surface area contributed by atoms with Crippen LogP contribution in [-0.4, -0.2) is 6.04 Å². The molecule has 0 heterocycles. The molecule has 2 rings (SSSR count). The van der Waals surface area contributed by atoms with E-state index in [4.69, 9.17) is 5.73 Å². The van der Waals surface area contributed by atoms with E-state index in [-0.39, 0.29) is 6.04 Å². The minimum Gasteiger partial charge on any atom is -0.327 e. The third-order valence-corrected chi connectivity index (χ3v) is 3.15. The lowest BCUT2D eigenvalue weighted by Crippen LogP contribution is -2.36. The second kappa shape index (κ2) is 4.27. The Hall–Kier alpha value is -0.960. The predicted molar refractivity (Wildman–Crippen MR) is 55.4 cm³/mol. The maximum absolute atomic E-state index is 12.9. The van der Waals surface area contributed by atoms with E-state index in [1.54, 1.807) is 0 Å². The molecule has 1 saturated carbocycles. The molecule has 3 heteroatoms. The largest absolute Gasteiger partial charge is 0.327 e. The number of hydrogen-bond acceptors (Lipinski definition) is 1. The van der Waals surface area contributed by atoms with Gasteiger partial charge in [-0.05, 0) is 42.9 Å². The fourth-order valence-corrected chi connectivity index (χ4v) is 2.04. The van der Waals surface area contributed by atoms with Crippen LogP contribution in [0.25, 0.3) is 0 Å². The molecule has 0 aliphatic heterocycles. The third-order valence-electron chi connectivity index (χ3n) is 3.15. The zero-order valence-electron chi connectivity index (χ0n) is 8.55. The average Bonchev–Trinajstić information content (AvgIpc) is 1.96. The molecule has 0 saturated heterocycles. The van der Waals surface area contributed by atoms with Gasteiger partial charge in [-0.2, -0.15) is 0 Å². The van der Waals surface area contributed by atoms with Gasteiger partial charge in [0.15, 0.2) is 0 Å². The molecule has 1 unspecified atom stereocenters. The molecule has 0 bridgehead atoms. The standard InChI is InChI=1S/C12H15F2N/c13-10-4-8(5-11(14)7-10)6-12(15)9-2-1-3-9/h4-5,7,9,12H,1-3,6,15H2. The van der Waals surface area contributed by atoms with Gasteiger partial charge < -0.3 is 5.73 Å². The van der Waals surface area contributed by atoms with Crippen molar-refractivity contribution in [3.63, 3.8) is 0 Å². The summed E-state index contributed by atoms with van der Waals surface area (Å²) < 4.78 is 25.8. The van der Waals surface area contributed by atoms with Crippen LogP contribution in [0.15, 0.2) is 18.2 Å². The van der Waals surface area contributed by atoms with Crippen molar-refractivity contribution in [2.24, 2.45) is 11.7 Å². The van der Waals surface area contributed by atoms with Crippen molar-refractivity contribution in [2.45, 2.75) is 31.7 Å². The summed E-state index contributed by atoms with van der Waals surface area (Å²) in [5, 5.41) is 0.